The molecule has 1 fully saturated rings. The maximum Gasteiger partial charge on any atom is 0.167 e. The number of piperidine rings is 1. The van der Waals surface area contributed by atoms with Crippen molar-refractivity contribution >= 4 is 5.69 Å². The van der Waals surface area contributed by atoms with E-state index in [-0.39, 0.29) is 11.6 Å². The molecule has 0 saturated carbocycles. The summed E-state index contributed by atoms with van der Waals surface area (Å²) in [5.74, 6) is 2.60. The summed E-state index contributed by atoms with van der Waals surface area (Å²) in [6.07, 6.45) is 7.35. The minimum absolute atomic E-state index is 0.273. The molecule has 19 heavy (non-hydrogen) atoms. The van der Waals surface area contributed by atoms with Crippen LogP contribution in [0.3, 0.4) is 0 Å². The molecule has 1 saturated heterocycles. The predicted octanol–water partition coefficient (Wildman–Crippen LogP) is 2.34. The number of nitrogens with one attached hydrogen (secondary N) is 1. The number of rotatable bonds is 4. The quantitative estimate of drug-likeness (QED) is 0.843. The summed E-state index contributed by atoms with van der Waals surface area (Å²) in [4.78, 5) is 2.26. The highest BCUT2D eigenvalue weighted by Gasteiger charge is 2.18. The van der Waals surface area contributed by atoms with Crippen LogP contribution in [-0.2, 0) is 0 Å². The lowest BCUT2D eigenvalue weighted by molar-refractivity contribution is 0.243. The van der Waals surface area contributed by atoms with Gasteiger partial charge in [0.25, 0.3) is 0 Å². The van der Waals surface area contributed by atoms with E-state index in [1.165, 1.54) is 13.2 Å². The van der Waals surface area contributed by atoms with Crippen LogP contribution in [0.2, 0.25) is 0 Å². The van der Waals surface area contributed by atoms with Gasteiger partial charge in [0, 0.05) is 30.9 Å². The molecule has 0 spiro atoms. The van der Waals surface area contributed by atoms with Crippen molar-refractivity contribution in [1.82, 2.24) is 4.90 Å². The van der Waals surface area contributed by atoms with Gasteiger partial charge < -0.3 is 10.1 Å². The van der Waals surface area contributed by atoms with Crippen LogP contribution in [0.15, 0.2) is 18.2 Å². The van der Waals surface area contributed by atoms with Gasteiger partial charge in [0.05, 0.1) is 13.7 Å². The number of nitrogens with zero attached hydrogens (tertiary/aromatic N) is 1. The van der Waals surface area contributed by atoms with E-state index in [0.717, 1.165) is 31.6 Å². The highest BCUT2D eigenvalue weighted by atomic mass is 19.1. The molecule has 1 aromatic rings. The average molecular weight is 262 g/mol. The second-order valence-corrected chi connectivity index (χ2v) is 4.75. The SMILES string of the molecule is C#CCN1CCC(Nc2ccc(OC)c(F)c2)CC1. The first-order valence-electron chi connectivity index (χ1n) is 6.49. The number of likely N-dealkylation sites (tertiary alicyclic amines) is 1. The fourth-order valence-corrected chi connectivity index (χ4v) is 2.36. The van der Waals surface area contributed by atoms with E-state index in [9.17, 15) is 4.39 Å². The van der Waals surface area contributed by atoms with Crippen LogP contribution in [0, 0.1) is 18.2 Å². The second-order valence-electron chi connectivity index (χ2n) is 4.75. The maximum absolute atomic E-state index is 13.6. The molecule has 1 aromatic carbocycles. The van der Waals surface area contributed by atoms with E-state index in [4.69, 9.17) is 11.2 Å². The van der Waals surface area contributed by atoms with Crippen LogP contribution < -0.4 is 10.1 Å². The molecule has 0 radical (unpaired) electrons. The van der Waals surface area contributed by atoms with Gasteiger partial charge >= 0.3 is 0 Å². The van der Waals surface area contributed by atoms with Crippen LogP contribution in [0.25, 0.3) is 0 Å². The monoisotopic (exact) mass is 262 g/mol. The third kappa shape index (κ3) is 3.62. The van der Waals surface area contributed by atoms with E-state index in [1.54, 1.807) is 6.07 Å². The lowest BCUT2D eigenvalue weighted by Crippen LogP contribution is -2.39. The van der Waals surface area contributed by atoms with Crippen molar-refractivity contribution in [2.45, 2.75) is 18.9 Å². The molecule has 1 heterocycles. The van der Waals surface area contributed by atoms with Crippen molar-refractivity contribution in [2.24, 2.45) is 0 Å². The Balaban J connectivity index is 1.89. The lowest BCUT2D eigenvalue weighted by atomic mass is 10.0. The van der Waals surface area contributed by atoms with Gasteiger partial charge in [-0.3, -0.25) is 4.90 Å². The highest BCUT2D eigenvalue weighted by Crippen LogP contribution is 2.22. The van der Waals surface area contributed by atoms with Gasteiger partial charge in [-0.2, -0.15) is 0 Å². The summed E-state index contributed by atoms with van der Waals surface area (Å²) in [6.45, 7) is 2.69. The minimum Gasteiger partial charge on any atom is -0.494 e. The molecule has 0 bridgehead atoms. The van der Waals surface area contributed by atoms with Gasteiger partial charge in [-0.15, -0.1) is 6.42 Å². The summed E-state index contributed by atoms with van der Waals surface area (Å²) in [5.41, 5.74) is 0.800. The molecule has 0 amide bonds. The molecule has 0 aromatic heterocycles. The number of methoxy groups -OCH3 is 1. The summed E-state index contributed by atoms with van der Waals surface area (Å²) >= 11 is 0. The molecule has 0 aliphatic carbocycles. The number of hydrogen-bond acceptors (Lipinski definition) is 3. The van der Waals surface area contributed by atoms with Gasteiger partial charge in [-0.05, 0) is 25.0 Å². The molecule has 3 nitrogen and oxygen atoms in total. The van der Waals surface area contributed by atoms with Gasteiger partial charge in [-0.25, -0.2) is 4.39 Å². The summed E-state index contributed by atoms with van der Waals surface area (Å²) < 4.78 is 18.5. The van der Waals surface area contributed by atoms with Crippen molar-refractivity contribution in [3.8, 4) is 18.1 Å². The Labute approximate surface area is 113 Å². The molecule has 1 aliphatic heterocycles. The van der Waals surface area contributed by atoms with Crippen molar-refractivity contribution in [2.75, 3.05) is 32.1 Å². The van der Waals surface area contributed by atoms with Crippen molar-refractivity contribution < 1.29 is 9.13 Å². The third-order valence-corrected chi connectivity index (χ3v) is 3.43. The first-order valence-corrected chi connectivity index (χ1v) is 6.49. The fourth-order valence-electron chi connectivity index (χ4n) is 2.36. The molecule has 1 N–H and O–H groups in total. The molecule has 0 atom stereocenters. The Kier molecular flexibility index (Phi) is 4.64. The zero-order valence-electron chi connectivity index (χ0n) is 11.2. The maximum atomic E-state index is 13.6. The van der Waals surface area contributed by atoms with Gasteiger partial charge in [0.1, 0.15) is 0 Å². The number of anilines is 1. The first-order chi connectivity index (χ1) is 9.22. The number of terminal acetylenes is 1. The van der Waals surface area contributed by atoms with E-state index >= 15 is 0 Å². The predicted molar refractivity (Wildman–Crippen MR) is 74.9 cm³/mol. The summed E-state index contributed by atoms with van der Waals surface area (Å²) in [5, 5.41) is 3.36. The molecule has 4 heteroatoms. The Morgan fingerprint density at radius 1 is 1.47 bits per heavy atom. The molecule has 1 aliphatic rings. The van der Waals surface area contributed by atoms with Crippen molar-refractivity contribution in [3.05, 3.63) is 24.0 Å². The fraction of sp³-hybridized carbons (Fsp3) is 0.467. The Bertz CT molecular complexity index is 462. The molecular formula is C15H19FN2O. The zero-order chi connectivity index (χ0) is 13.7. The second kappa shape index (κ2) is 6.44. The minimum atomic E-state index is -0.336. The highest BCUT2D eigenvalue weighted by molar-refractivity contribution is 5.48. The first kappa shape index (κ1) is 13.7. The standard InChI is InChI=1S/C15H19FN2O/c1-3-8-18-9-6-12(7-10-18)17-13-4-5-15(19-2)14(16)11-13/h1,4-5,11-12,17H,6-10H2,2H3. The Morgan fingerprint density at radius 2 is 2.21 bits per heavy atom. The van der Waals surface area contributed by atoms with Gasteiger partial charge in [-0.1, -0.05) is 5.92 Å². The normalized spacial score (nSPS) is 16.9. The molecular weight excluding hydrogens is 243 g/mol. The summed E-state index contributed by atoms with van der Waals surface area (Å²) in [6, 6.07) is 5.34. The van der Waals surface area contributed by atoms with Crippen LogP contribution in [0.1, 0.15) is 12.8 Å². The topological polar surface area (TPSA) is 24.5 Å². The zero-order valence-corrected chi connectivity index (χ0v) is 11.2. The third-order valence-electron chi connectivity index (χ3n) is 3.43. The Morgan fingerprint density at radius 3 is 2.79 bits per heavy atom. The molecule has 0 unspecified atom stereocenters. The lowest BCUT2D eigenvalue weighted by Gasteiger charge is -2.31. The smallest absolute Gasteiger partial charge is 0.167 e. The molecule has 2 rings (SSSR count). The van der Waals surface area contributed by atoms with E-state index in [1.807, 2.05) is 6.07 Å². The van der Waals surface area contributed by atoms with Crippen LogP contribution in [-0.4, -0.2) is 37.7 Å². The van der Waals surface area contributed by atoms with E-state index in [0.29, 0.717) is 12.6 Å². The number of ether oxygens (including phenoxy) is 1. The van der Waals surface area contributed by atoms with Crippen LogP contribution in [0.5, 0.6) is 5.75 Å². The number of halogens is 1. The molecule has 102 valence electrons. The van der Waals surface area contributed by atoms with Crippen molar-refractivity contribution in [3.63, 3.8) is 0 Å². The van der Waals surface area contributed by atoms with Gasteiger partial charge in [0.2, 0.25) is 0 Å². The van der Waals surface area contributed by atoms with Crippen LogP contribution >= 0.6 is 0 Å². The van der Waals surface area contributed by atoms with E-state index < -0.39 is 0 Å². The Hall–Kier alpha value is -1.73. The number of hydrogen-bond donors (Lipinski definition) is 1. The summed E-state index contributed by atoms with van der Waals surface area (Å²) in [7, 11) is 1.46. The van der Waals surface area contributed by atoms with Crippen molar-refractivity contribution in [1.29, 1.82) is 0 Å². The average Bonchev–Trinajstić information content (AvgIpc) is 2.42. The largest absolute Gasteiger partial charge is 0.494 e. The van der Waals surface area contributed by atoms with Crippen LogP contribution in [0.4, 0.5) is 10.1 Å². The van der Waals surface area contributed by atoms with E-state index in [2.05, 4.69) is 16.1 Å². The number of benzene rings is 1. The van der Waals surface area contributed by atoms with Gasteiger partial charge in [0.15, 0.2) is 11.6 Å².